The number of halogens is 4. The maximum Gasteiger partial charge on any atom is 0.194 e. The van der Waals surface area contributed by atoms with Crippen LogP contribution in [-0.4, -0.2) is 0 Å². The second kappa shape index (κ2) is 8.88. The Morgan fingerprint density at radius 3 is 2.13 bits per heavy atom. The second-order valence-corrected chi connectivity index (χ2v) is 7.69. The van der Waals surface area contributed by atoms with Gasteiger partial charge < -0.3 is 0 Å². The molecule has 4 aromatic rings. The molecule has 154 valence electrons. The first-order chi connectivity index (χ1) is 15.0. The van der Waals surface area contributed by atoms with E-state index in [1.807, 2.05) is 30.3 Å². The van der Waals surface area contributed by atoms with E-state index in [0.29, 0.717) is 10.6 Å². The van der Waals surface area contributed by atoms with Gasteiger partial charge in [0.05, 0.1) is 5.02 Å². The van der Waals surface area contributed by atoms with Gasteiger partial charge in [-0.15, -0.1) is 0 Å². The van der Waals surface area contributed by atoms with E-state index in [0.717, 1.165) is 46.9 Å². The fraction of sp³-hybridized carbons (Fsp3) is 0.111. The number of fused-ring (bicyclic) bond motifs is 1. The van der Waals surface area contributed by atoms with E-state index in [2.05, 4.69) is 43.0 Å². The van der Waals surface area contributed by atoms with Crippen LogP contribution in [0.3, 0.4) is 0 Å². The molecule has 0 amide bonds. The number of rotatable bonds is 3. The fourth-order valence-electron chi connectivity index (χ4n) is 3.51. The lowest BCUT2D eigenvalue weighted by atomic mass is 9.98. The number of aryl methyl sites for hydroxylation is 1. The molecule has 0 saturated heterocycles. The normalized spacial score (nSPS) is 10.7. The highest BCUT2D eigenvalue weighted by molar-refractivity contribution is 6.38. The van der Waals surface area contributed by atoms with Gasteiger partial charge in [0, 0.05) is 22.1 Å². The summed E-state index contributed by atoms with van der Waals surface area (Å²) in [6.07, 6.45) is 2.13. The molecule has 0 N–H and O–H groups in total. The molecule has 0 aliphatic rings. The summed E-state index contributed by atoms with van der Waals surface area (Å²) in [5.41, 5.74) is 3.88. The van der Waals surface area contributed by atoms with Crippen LogP contribution in [0.1, 0.15) is 30.0 Å². The molecule has 4 heteroatoms. The molecule has 4 rings (SSSR count). The summed E-state index contributed by atoms with van der Waals surface area (Å²) >= 11 is 6.70. The molecule has 0 saturated carbocycles. The van der Waals surface area contributed by atoms with E-state index in [9.17, 15) is 13.2 Å². The maximum atomic E-state index is 13.3. The van der Waals surface area contributed by atoms with Crippen LogP contribution in [0, 0.1) is 29.3 Å². The van der Waals surface area contributed by atoms with Gasteiger partial charge >= 0.3 is 0 Å². The van der Waals surface area contributed by atoms with Crippen molar-refractivity contribution in [1.29, 1.82) is 0 Å². The lowest BCUT2D eigenvalue weighted by Crippen LogP contribution is -1.91. The molecule has 0 bridgehead atoms. The zero-order valence-electron chi connectivity index (χ0n) is 16.8. The highest BCUT2D eigenvalue weighted by Crippen LogP contribution is 2.35. The average molecular weight is 435 g/mol. The van der Waals surface area contributed by atoms with Crippen LogP contribution in [0.25, 0.3) is 21.9 Å². The van der Waals surface area contributed by atoms with E-state index < -0.39 is 17.5 Å². The first kappa shape index (κ1) is 21.0. The van der Waals surface area contributed by atoms with Crippen molar-refractivity contribution in [3.05, 3.63) is 106 Å². The summed E-state index contributed by atoms with van der Waals surface area (Å²) < 4.78 is 39.7. The number of hydrogen-bond acceptors (Lipinski definition) is 0. The number of hydrogen-bond donors (Lipinski definition) is 0. The van der Waals surface area contributed by atoms with Gasteiger partial charge in [-0.3, -0.25) is 0 Å². The zero-order valence-corrected chi connectivity index (χ0v) is 17.5. The summed E-state index contributed by atoms with van der Waals surface area (Å²) in [7, 11) is 0. The van der Waals surface area contributed by atoms with Gasteiger partial charge in [-0.05, 0) is 47.2 Å². The molecule has 0 aromatic heterocycles. The minimum Gasteiger partial charge on any atom is -0.204 e. The molecule has 0 nitrogen and oxygen atoms in total. The molecular weight excluding hydrogens is 417 g/mol. The van der Waals surface area contributed by atoms with Crippen molar-refractivity contribution in [3.63, 3.8) is 0 Å². The highest BCUT2D eigenvalue weighted by atomic mass is 35.5. The van der Waals surface area contributed by atoms with Gasteiger partial charge in [0.15, 0.2) is 17.5 Å². The largest absolute Gasteiger partial charge is 0.204 e. The summed E-state index contributed by atoms with van der Waals surface area (Å²) in [4.78, 5) is 0. The minimum atomic E-state index is -1.50. The summed E-state index contributed by atoms with van der Waals surface area (Å²) in [5, 5.41) is 2.81. The van der Waals surface area contributed by atoms with Crippen LogP contribution in [0.2, 0.25) is 5.02 Å². The Labute approximate surface area is 184 Å². The van der Waals surface area contributed by atoms with Crippen LogP contribution in [0.4, 0.5) is 13.2 Å². The average Bonchev–Trinajstić information content (AvgIpc) is 2.77. The molecule has 0 radical (unpaired) electrons. The van der Waals surface area contributed by atoms with Gasteiger partial charge in [0.1, 0.15) is 0 Å². The second-order valence-electron chi connectivity index (χ2n) is 7.31. The predicted molar refractivity (Wildman–Crippen MR) is 121 cm³/mol. The van der Waals surface area contributed by atoms with Crippen molar-refractivity contribution in [3.8, 4) is 23.0 Å². The van der Waals surface area contributed by atoms with Gasteiger partial charge in [-0.2, -0.15) is 0 Å². The highest BCUT2D eigenvalue weighted by Gasteiger charge is 2.10. The molecule has 0 heterocycles. The van der Waals surface area contributed by atoms with E-state index in [1.165, 1.54) is 5.56 Å². The predicted octanol–water partition coefficient (Wildman–Crippen LogP) is 7.93. The fourth-order valence-corrected chi connectivity index (χ4v) is 3.86. The molecule has 0 aliphatic heterocycles. The monoisotopic (exact) mass is 434 g/mol. The molecule has 0 aliphatic carbocycles. The zero-order chi connectivity index (χ0) is 22.0. The Hall–Kier alpha value is -3.22. The summed E-state index contributed by atoms with van der Waals surface area (Å²) in [6.45, 7) is 2.16. The van der Waals surface area contributed by atoms with Crippen molar-refractivity contribution in [2.45, 2.75) is 19.8 Å². The Balaban J connectivity index is 1.62. The molecule has 0 unspecified atom stereocenters. The van der Waals surface area contributed by atoms with E-state index in [4.69, 9.17) is 11.6 Å². The van der Waals surface area contributed by atoms with Crippen molar-refractivity contribution in [2.75, 3.05) is 0 Å². The van der Waals surface area contributed by atoms with E-state index >= 15 is 0 Å². The van der Waals surface area contributed by atoms with Crippen molar-refractivity contribution >= 4 is 22.4 Å². The lowest BCUT2D eigenvalue weighted by Gasteiger charge is -2.10. The molecule has 4 aromatic carbocycles. The topological polar surface area (TPSA) is 0 Å². The Morgan fingerprint density at radius 2 is 1.45 bits per heavy atom. The van der Waals surface area contributed by atoms with Gasteiger partial charge in [0.2, 0.25) is 0 Å². The van der Waals surface area contributed by atoms with Crippen molar-refractivity contribution < 1.29 is 13.2 Å². The van der Waals surface area contributed by atoms with Gasteiger partial charge in [-0.1, -0.05) is 79.3 Å². The Morgan fingerprint density at radius 1 is 0.774 bits per heavy atom. The van der Waals surface area contributed by atoms with Crippen LogP contribution >= 0.6 is 11.6 Å². The van der Waals surface area contributed by atoms with Gasteiger partial charge in [-0.25, -0.2) is 13.2 Å². The Kier molecular flexibility index (Phi) is 6.02. The van der Waals surface area contributed by atoms with Gasteiger partial charge in [0.25, 0.3) is 0 Å². The third kappa shape index (κ3) is 4.45. The summed E-state index contributed by atoms with van der Waals surface area (Å²) in [5.74, 6) is 1.48. The van der Waals surface area contributed by atoms with Crippen molar-refractivity contribution in [2.24, 2.45) is 0 Å². The maximum absolute atomic E-state index is 13.3. The molecule has 0 spiro atoms. The van der Waals surface area contributed by atoms with E-state index in [1.54, 1.807) is 0 Å². The molecule has 31 heavy (non-hydrogen) atoms. The van der Waals surface area contributed by atoms with Crippen molar-refractivity contribution in [1.82, 2.24) is 0 Å². The van der Waals surface area contributed by atoms with Crippen LogP contribution in [0.15, 0.2) is 66.7 Å². The Bertz CT molecular complexity index is 1310. The SMILES string of the molecule is CCCc1ccc2c(Cl)c(-c3ccc(C#Cc4cc(F)c(F)c(F)c4)cc3)ccc2c1. The van der Waals surface area contributed by atoms with Crippen LogP contribution in [0.5, 0.6) is 0 Å². The number of benzene rings is 4. The smallest absolute Gasteiger partial charge is 0.194 e. The molecular formula is C27H18ClF3. The first-order valence-electron chi connectivity index (χ1n) is 9.94. The molecule has 0 atom stereocenters. The van der Waals surface area contributed by atoms with E-state index in [-0.39, 0.29) is 5.56 Å². The first-order valence-corrected chi connectivity index (χ1v) is 10.3. The standard InChI is InChI=1S/C27H18ClF3/c1-2-3-18-8-12-23-21(14-18)11-13-22(26(23)28)20-9-6-17(7-10-20)4-5-19-15-24(29)27(31)25(30)16-19/h6-16H,2-3H2,1H3. The van der Waals surface area contributed by atoms with Crippen LogP contribution < -0.4 is 0 Å². The van der Waals surface area contributed by atoms with Crippen LogP contribution in [-0.2, 0) is 6.42 Å². The molecule has 0 fully saturated rings. The third-order valence-corrected chi connectivity index (χ3v) is 5.50. The lowest BCUT2D eigenvalue weighted by molar-refractivity contribution is 0.446. The third-order valence-electron chi connectivity index (χ3n) is 5.09. The minimum absolute atomic E-state index is 0.0699. The summed E-state index contributed by atoms with van der Waals surface area (Å²) in [6, 6.07) is 19.6. The quantitative estimate of drug-likeness (QED) is 0.227.